The lowest BCUT2D eigenvalue weighted by Gasteiger charge is -2.38. The van der Waals surface area contributed by atoms with E-state index in [9.17, 15) is 14.7 Å². The summed E-state index contributed by atoms with van der Waals surface area (Å²) in [6, 6.07) is 3.71. The second-order valence-electron chi connectivity index (χ2n) is 5.58. The van der Waals surface area contributed by atoms with Gasteiger partial charge in [-0.15, -0.1) is 0 Å². The summed E-state index contributed by atoms with van der Waals surface area (Å²) in [7, 11) is 0. The average Bonchev–Trinajstić information content (AvgIpc) is 2.31. The highest BCUT2D eigenvalue weighted by molar-refractivity contribution is 6.34. The van der Waals surface area contributed by atoms with Crippen LogP contribution in [0.3, 0.4) is 0 Å². The first-order chi connectivity index (χ1) is 9.84. The molecule has 3 N–H and O–H groups in total. The maximum absolute atomic E-state index is 12.0. The molecular formula is C15H19ClN2O3. The van der Waals surface area contributed by atoms with Crippen LogP contribution in [-0.4, -0.2) is 29.1 Å². The molecule has 6 heteroatoms. The zero-order valence-electron chi connectivity index (χ0n) is 12.1. The van der Waals surface area contributed by atoms with Gasteiger partial charge in [0.15, 0.2) is 0 Å². The summed E-state index contributed by atoms with van der Waals surface area (Å²) < 4.78 is 0. The van der Waals surface area contributed by atoms with E-state index < -0.39 is 11.5 Å². The van der Waals surface area contributed by atoms with Crippen LogP contribution in [0.25, 0.3) is 0 Å². The van der Waals surface area contributed by atoms with Gasteiger partial charge in [0, 0.05) is 0 Å². The zero-order chi connectivity index (χ0) is 15.6. The van der Waals surface area contributed by atoms with Gasteiger partial charge in [0.1, 0.15) is 5.54 Å². The first kappa shape index (κ1) is 15.8. The van der Waals surface area contributed by atoms with Crippen LogP contribution in [0.15, 0.2) is 12.1 Å². The van der Waals surface area contributed by atoms with Crippen molar-refractivity contribution in [2.75, 3.05) is 11.9 Å². The van der Waals surface area contributed by atoms with E-state index in [4.69, 9.17) is 11.6 Å². The Bertz CT molecular complexity index is 559. The molecular weight excluding hydrogens is 292 g/mol. The summed E-state index contributed by atoms with van der Waals surface area (Å²) in [6.45, 7) is 3.75. The van der Waals surface area contributed by atoms with Gasteiger partial charge in [-0.25, -0.2) is 0 Å². The highest BCUT2D eigenvalue weighted by Crippen LogP contribution is 2.32. The van der Waals surface area contributed by atoms with Crippen molar-refractivity contribution in [2.45, 2.75) is 38.6 Å². The standard InChI is InChI=1S/C15H19ClN2O3/c1-9-6-10(2)13(11(16)7-9)18-12(19)8-17-15(14(20)21)4-3-5-15/h6-7,17H,3-5,8H2,1-2H3,(H,18,19)(H,20,21). The van der Waals surface area contributed by atoms with Crippen LogP contribution < -0.4 is 10.6 Å². The van der Waals surface area contributed by atoms with Crippen molar-refractivity contribution in [3.05, 3.63) is 28.3 Å². The molecule has 1 aromatic rings. The van der Waals surface area contributed by atoms with E-state index in [0.29, 0.717) is 23.6 Å². The maximum atomic E-state index is 12.0. The highest BCUT2D eigenvalue weighted by Gasteiger charge is 2.44. The predicted octanol–water partition coefficient (Wildman–Crippen LogP) is 2.49. The van der Waals surface area contributed by atoms with Gasteiger partial charge < -0.3 is 10.4 Å². The van der Waals surface area contributed by atoms with Gasteiger partial charge in [-0.1, -0.05) is 17.7 Å². The Kier molecular flexibility index (Phi) is 4.54. The van der Waals surface area contributed by atoms with E-state index in [-0.39, 0.29) is 12.5 Å². The van der Waals surface area contributed by atoms with Crippen molar-refractivity contribution in [3.63, 3.8) is 0 Å². The molecule has 21 heavy (non-hydrogen) atoms. The number of carboxylic acids is 1. The van der Waals surface area contributed by atoms with E-state index in [2.05, 4.69) is 10.6 Å². The Hall–Kier alpha value is -1.59. The van der Waals surface area contributed by atoms with Crippen LogP contribution in [-0.2, 0) is 9.59 Å². The van der Waals surface area contributed by atoms with E-state index in [1.165, 1.54) is 0 Å². The molecule has 114 valence electrons. The number of nitrogens with one attached hydrogen (secondary N) is 2. The van der Waals surface area contributed by atoms with E-state index in [1.807, 2.05) is 19.9 Å². The lowest BCUT2D eigenvalue weighted by atomic mass is 9.77. The molecule has 0 aliphatic heterocycles. The summed E-state index contributed by atoms with van der Waals surface area (Å²) in [4.78, 5) is 23.2. The van der Waals surface area contributed by atoms with Crippen LogP contribution in [0.2, 0.25) is 5.02 Å². The SMILES string of the molecule is Cc1cc(C)c(NC(=O)CNC2(C(=O)O)CCC2)c(Cl)c1. The Morgan fingerprint density at radius 2 is 2.00 bits per heavy atom. The molecule has 1 aliphatic rings. The Morgan fingerprint density at radius 3 is 2.48 bits per heavy atom. The van der Waals surface area contributed by atoms with Crippen molar-refractivity contribution in [1.82, 2.24) is 5.32 Å². The molecule has 0 heterocycles. The predicted molar refractivity (Wildman–Crippen MR) is 81.8 cm³/mol. The van der Waals surface area contributed by atoms with Gasteiger partial charge in [0.25, 0.3) is 0 Å². The third kappa shape index (κ3) is 3.36. The van der Waals surface area contributed by atoms with Crippen molar-refractivity contribution in [1.29, 1.82) is 0 Å². The number of hydrogen-bond donors (Lipinski definition) is 3. The van der Waals surface area contributed by atoms with Gasteiger partial charge in [0.05, 0.1) is 17.3 Å². The number of aryl methyl sites for hydroxylation is 2. The minimum atomic E-state index is -0.941. The van der Waals surface area contributed by atoms with Gasteiger partial charge >= 0.3 is 5.97 Å². The highest BCUT2D eigenvalue weighted by atomic mass is 35.5. The molecule has 1 amide bonds. The monoisotopic (exact) mass is 310 g/mol. The number of aliphatic carboxylic acids is 1. The molecule has 0 atom stereocenters. The summed E-state index contributed by atoms with van der Waals surface area (Å²) >= 11 is 6.13. The summed E-state index contributed by atoms with van der Waals surface area (Å²) in [5.74, 6) is -1.19. The molecule has 0 saturated heterocycles. The maximum Gasteiger partial charge on any atom is 0.323 e. The molecule has 1 aliphatic carbocycles. The number of carboxylic acid groups (broad SMARTS) is 1. The van der Waals surface area contributed by atoms with Crippen molar-refractivity contribution >= 4 is 29.2 Å². The first-order valence-electron chi connectivity index (χ1n) is 6.89. The fourth-order valence-corrected chi connectivity index (χ4v) is 2.87. The van der Waals surface area contributed by atoms with Gasteiger partial charge in [0.2, 0.25) is 5.91 Å². The molecule has 5 nitrogen and oxygen atoms in total. The number of halogens is 1. The fourth-order valence-electron chi connectivity index (χ4n) is 2.50. The number of carbonyl (C=O) groups excluding carboxylic acids is 1. The molecule has 2 rings (SSSR count). The average molecular weight is 311 g/mol. The number of anilines is 1. The largest absolute Gasteiger partial charge is 0.480 e. The zero-order valence-corrected chi connectivity index (χ0v) is 12.9. The third-order valence-corrected chi connectivity index (χ3v) is 4.20. The first-order valence-corrected chi connectivity index (χ1v) is 7.27. The number of carbonyl (C=O) groups is 2. The molecule has 1 saturated carbocycles. The minimum Gasteiger partial charge on any atom is -0.480 e. The third-order valence-electron chi connectivity index (χ3n) is 3.90. The normalized spacial score (nSPS) is 16.1. The number of benzene rings is 1. The van der Waals surface area contributed by atoms with Crippen molar-refractivity contribution in [2.24, 2.45) is 0 Å². The van der Waals surface area contributed by atoms with E-state index in [0.717, 1.165) is 17.5 Å². The Balaban J connectivity index is 1.98. The molecule has 0 spiro atoms. The number of rotatable bonds is 5. The lowest BCUT2D eigenvalue weighted by Crippen LogP contribution is -2.58. The quantitative estimate of drug-likeness (QED) is 0.781. The van der Waals surface area contributed by atoms with E-state index in [1.54, 1.807) is 6.07 Å². The van der Waals surface area contributed by atoms with Crippen LogP contribution in [0, 0.1) is 13.8 Å². The second-order valence-corrected chi connectivity index (χ2v) is 5.99. The smallest absolute Gasteiger partial charge is 0.323 e. The molecule has 0 aromatic heterocycles. The molecule has 0 radical (unpaired) electrons. The van der Waals surface area contributed by atoms with Crippen molar-refractivity contribution in [3.8, 4) is 0 Å². The molecule has 1 fully saturated rings. The summed E-state index contributed by atoms with van der Waals surface area (Å²) in [5.41, 5.74) is 1.54. The molecule has 1 aromatic carbocycles. The Morgan fingerprint density at radius 1 is 1.33 bits per heavy atom. The van der Waals surface area contributed by atoms with Gasteiger partial charge in [-0.05, 0) is 50.3 Å². The van der Waals surface area contributed by atoms with Gasteiger partial charge in [-0.2, -0.15) is 0 Å². The second kappa shape index (κ2) is 6.03. The minimum absolute atomic E-state index is 0.0457. The van der Waals surface area contributed by atoms with Gasteiger partial charge in [-0.3, -0.25) is 14.9 Å². The van der Waals surface area contributed by atoms with Crippen LogP contribution in [0.5, 0.6) is 0 Å². The topological polar surface area (TPSA) is 78.4 Å². The van der Waals surface area contributed by atoms with Crippen LogP contribution in [0.4, 0.5) is 5.69 Å². The summed E-state index contributed by atoms with van der Waals surface area (Å²) in [6.07, 6.45) is 1.98. The molecule has 0 unspecified atom stereocenters. The number of hydrogen-bond acceptors (Lipinski definition) is 3. The lowest BCUT2D eigenvalue weighted by molar-refractivity contribution is -0.148. The Labute approximate surface area is 128 Å². The van der Waals surface area contributed by atoms with Crippen molar-refractivity contribution < 1.29 is 14.7 Å². The van der Waals surface area contributed by atoms with Crippen LogP contribution in [0.1, 0.15) is 30.4 Å². The number of amides is 1. The van der Waals surface area contributed by atoms with Crippen LogP contribution >= 0.6 is 11.6 Å². The van der Waals surface area contributed by atoms with E-state index >= 15 is 0 Å². The summed E-state index contributed by atoms with van der Waals surface area (Å²) in [5, 5.41) is 15.3. The fraction of sp³-hybridized carbons (Fsp3) is 0.467. The molecule has 0 bridgehead atoms.